The maximum absolute atomic E-state index is 5.91. The van der Waals surface area contributed by atoms with Gasteiger partial charge in [-0.15, -0.1) is 0 Å². The lowest BCUT2D eigenvalue weighted by atomic mass is 10.3. The summed E-state index contributed by atoms with van der Waals surface area (Å²) in [6.07, 6.45) is -0.191. The average molecular weight is 244 g/mol. The Labute approximate surface area is 99.4 Å². The highest BCUT2D eigenvalue weighted by Gasteiger charge is 2.16. The third-order valence-corrected chi connectivity index (χ3v) is 2.55. The molecular formula is C11H14ClNO3. The molecule has 2 rings (SSSR count). The summed E-state index contributed by atoms with van der Waals surface area (Å²) in [5.74, 6) is 0.752. The number of anilines is 1. The van der Waals surface area contributed by atoms with E-state index in [-0.39, 0.29) is 6.29 Å². The summed E-state index contributed by atoms with van der Waals surface area (Å²) in [7, 11) is 1.62. The Morgan fingerprint density at radius 3 is 2.88 bits per heavy atom. The summed E-state index contributed by atoms with van der Waals surface area (Å²) >= 11 is 5.91. The highest BCUT2D eigenvalue weighted by atomic mass is 35.5. The molecule has 0 spiro atoms. The number of hydrogen-bond donors (Lipinski definition) is 1. The second kappa shape index (κ2) is 5.39. The van der Waals surface area contributed by atoms with Crippen LogP contribution in [0.5, 0.6) is 5.75 Å². The third kappa shape index (κ3) is 2.78. The Bertz CT molecular complexity index is 353. The topological polar surface area (TPSA) is 39.7 Å². The number of hydrogen-bond acceptors (Lipinski definition) is 4. The van der Waals surface area contributed by atoms with Gasteiger partial charge >= 0.3 is 0 Å². The molecule has 1 heterocycles. The van der Waals surface area contributed by atoms with Crippen molar-refractivity contribution in [3.8, 4) is 5.75 Å². The first kappa shape index (κ1) is 11.5. The van der Waals surface area contributed by atoms with Gasteiger partial charge in [-0.05, 0) is 18.2 Å². The predicted octanol–water partition coefficient (Wildman–Crippen LogP) is 2.13. The van der Waals surface area contributed by atoms with Crippen molar-refractivity contribution in [2.24, 2.45) is 0 Å². The van der Waals surface area contributed by atoms with E-state index in [4.69, 9.17) is 25.8 Å². The molecule has 0 unspecified atom stereocenters. The fourth-order valence-corrected chi connectivity index (χ4v) is 1.71. The van der Waals surface area contributed by atoms with Gasteiger partial charge in [-0.25, -0.2) is 0 Å². The van der Waals surface area contributed by atoms with Gasteiger partial charge in [-0.2, -0.15) is 0 Å². The number of methoxy groups -OCH3 is 1. The van der Waals surface area contributed by atoms with Crippen LogP contribution in [0.2, 0.25) is 5.02 Å². The second-order valence-corrected chi connectivity index (χ2v) is 3.83. The predicted molar refractivity (Wildman–Crippen MR) is 62.2 cm³/mol. The molecule has 1 aromatic carbocycles. The minimum atomic E-state index is -0.191. The van der Waals surface area contributed by atoms with Crippen molar-refractivity contribution in [1.29, 1.82) is 0 Å². The molecule has 1 aliphatic rings. The minimum absolute atomic E-state index is 0.191. The quantitative estimate of drug-likeness (QED) is 0.880. The summed E-state index contributed by atoms with van der Waals surface area (Å²) in [6, 6.07) is 5.42. The number of benzene rings is 1. The Hall–Kier alpha value is -0.970. The molecule has 5 heteroatoms. The van der Waals surface area contributed by atoms with Gasteiger partial charge in [0, 0.05) is 5.02 Å². The Balaban J connectivity index is 1.98. The molecule has 0 bridgehead atoms. The highest BCUT2D eigenvalue weighted by Crippen LogP contribution is 2.27. The van der Waals surface area contributed by atoms with Gasteiger partial charge in [0.2, 0.25) is 0 Å². The Kier molecular flexibility index (Phi) is 3.88. The molecule has 0 aromatic heterocycles. The van der Waals surface area contributed by atoms with Crippen molar-refractivity contribution in [3.63, 3.8) is 0 Å². The third-order valence-electron chi connectivity index (χ3n) is 2.31. The molecule has 1 fully saturated rings. The van der Waals surface area contributed by atoms with E-state index in [1.54, 1.807) is 13.2 Å². The van der Waals surface area contributed by atoms with E-state index in [1.165, 1.54) is 0 Å². The largest absolute Gasteiger partial charge is 0.495 e. The fourth-order valence-electron chi connectivity index (χ4n) is 1.54. The van der Waals surface area contributed by atoms with Gasteiger partial charge in [0.25, 0.3) is 0 Å². The lowest BCUT2D eigenvalue weighted by Gasteiger charge is -2.14. The van der Waals surface area contributed by atoms with E-state index in [9.17, 15) is 0 Å². The first-order valence-corrected chi connectivity index (χ1v) is 5.48. The van der Waals surface area contributed by atoms with Crippen LogP contribution in [0.1, 0.15) is 0 Å². The second-order valence-electron chi connectivity index (χ2n) is 3.40. The molecule has 1 N–H and O–H groups in total. The summed E-state index contributed by atoms with van der Waals surface area (Å²) in [6.45, 7) is 1.88. The first-order valence-electron chi connectivity index (χ1n) is 5.10. The maximum atomic E-state index is 5.91. The number of ether oxygens (including phenoxy) is 3. The van der Waals surface area contributed by atoms with Crippen LogP contribution in [0.15, 0.2) is 18.2 Å². The van der Waals surface area contributed by atoms with Gasteiger partial charge in [0.05, 0.1) is 32.6 Å². The maximum Gasteiger partial charge on any atom is 0.174 e. The SMILES string of the molecule is COc1ccc(Cl)cc1NCC1OCCO1. The lowest BCUT2D eigenvalue weighted by Crippen LogP contribution is -2.20. The van der Waals surface area contributed by atoms with Crippen LogP contribution in [0.4, 0.5) is 5.69 Å². The van der Waals surface area contributed by atoms with Crippen molar-refractivity contribution >= 4 is 17.3 Å². The van der Waals surface area contributed by atoms with E-state index >= 15 is 0 Å². The molecule has 1 aliphatic heterocycles. The fraction of sp³-hybridized carbons (Fsp3) is 0.455. The van der Waals surface area contributed by atoms with Gasteiger partial charge in [-0.1, -0.05) is 11.6 Å². The van der Waals surface area contributed by atoms with Gasteiger partial charge in [0.15, 0.2) is 6.29 Å². The zero-order chi connectivity index (χ0) is 11.4. The van der Waals surface area contributed by atoms with Gasteiger partial charge in [-0.3, -0.25) is 0 Å². The Morgan fingerprint density at radius 2 is 2.19 bits per heavy atom. The van der Waals surface area contributed by atoms with Crippen LogP contribution < -0.4 is 10.1 Å². The van der Waals surface area contributed by atoms with Crippen LogP contribution in [-0.2, 0) is 9.47 Å². The molecule has 0 atom stereocenters. The van der Waals surface area contributed by atoms with Crippen LogP contribution in [0.25, 0.3) is 0 Å². The van der Waals surface area contributed by atoms with Crippen molar-refractivity contribution in [1.82, 2.24) is 0 Å². The van der Waals surface area contributed by atoms with Gasteiger partial charge in [0.1, 0.15) is 5.75 Å². The smallest absolute Gasteiger partial charge is 0.174 e. The molecule has 0 radical (unpaired) electrons. The average Bonchev–Trinajstić information content (AvgIpc) is 2.79. The first-order chi connectivity index (χ1) is 7.79. The number of rotatable bonds is 4. The molecular weight excluding hydrogens is 230 g/mol. The molecule has 16 heavy (non-hydrogen) atoms. The summed E-state index contributed by atoms with van der Waals surface area (Å²) in [4.78, 5) is 0. The van der Waals surface area contributed by atoms with Crippen molar-refractivity contribution in [2.75, 3.05) is 32.2 Å². The molecule has 1 aromatic rings. The zero-order valence-corrected chi connectivity index (χ0v) is 9.79. The van der Waals surface area contributed by atoms with E-state index in [1.807, 2.05) is 12.1 Å². The van der Waals surface area contributed by atoms with E-state index in [2.05, 4.69) is 5.32 Å². The number of nitrogens with one attached hydrogen (secondary N) is 1. The molecule has 0 aliphatic carbocycles. The van der Waals surface area contributed by atoms with Crippen LogP contribution in [0.3, 0.4) is 0 Å². The molecule has 0 saturated carbocycles. The molecule has 1 saturated heterocycles. The monoisotopic (exact) mass is 243 g/mol. The molecule has 4 nitrogen and oxygen atoms in total. The Morgan fingerprint density at radius 1 is 1.44 bits per heavy atom. The molecule has 0 amide bonds. The van der Waals surface area contributed by atoms with Crippen molar-refractivity contribution < 1.29 is 14.2 Å². The summed E-state index contributed by atoms with van der Waals surface area (Å²) < 4.78 is 15.9. The van der Waals surface area contributed by atoms with E-state index in [0.717, 1.165) is 11.4 Å². The standard InChI is InChI=1S/C11H14ClNO3/c1-14-10-3-2-8(12)6-9(10)13-7-11-15-4-5-16-11/h2-3,6,11,13H,4-5,7H2,1H3. The zero-order valence-electron chi connectivity index (χ0n) is 9.03. The number of halogens is 1. The van der Waals surface area contributed by atoms with Crippen LogP contribution in [-0.4, -0.2) is 33.2 Å². The van der Waals surface area contributed by atoms with E-state index < -0.39 is 0 Å². The summed E-state index contributed by atoms with van der Waals surface area (Å²) in [5.41, 5.74) is 0.842. The van der Waals surface area contributed by atoms with Crippen molar-refractivity contribution in [3.05, 3.63) is 23.2 Å². The minimum Gasteiger partial charge on any atom is -0.495 e. The van der Waals surface area contributed by atoms with Crippen LogP contribution >= 0.6 is 11.6 Å². The molecule has 88 valence electrons. The van der Waals surface area contributed by atoms with Crippen LogP contribution in [0, 0.1) is 0 Å². The van der Waals surface area contributed by atoms with Crippen molar-refractivity contribution in [2.45, 2.75) is 6.29 Å². The normalized spacial score (nSPS) is 16.4. The highest BCUT2D eigenvalue weighted by molar-refractivity contribution is 6.30. The lowest BCUT2D eigenvalue weighted by molar-refractivity contribution is -0.0299. The summed E-state index contributed by atoms with van der Waals surface area (Å²) in [5, 5.41) is 3.85. The van der Waals surface area contributed by atoms with E-state index in [0.29, 0.717) is 24.8 Å². The van der Waals surface area contributed by atoms with Gasteiger partial charge < -0.3 is 19.5 Å².